The summed E-state index contributed by atoms with van der Waals surface area (Å²) in [6.45, 7) is 8.50. The second kappa shape index (κ2) is 10.1. The predicted molar refractivity (Wildman–Crippen MR) is 125 cm³/mol. The van der Waals surface area contributed by atoms with Crippen LogP contribution in [0.4, 0.5) is 5.82 Å². The van der Waals surface area contributed by atoms with Crippen molar-refractivity contribution in [3.63, 3.8) is 0 Å². The van der Waals surface area contributed by atoms with E-state index in [0.717, 1.165) is 0 Å². The number of methoxy groups -OCH3 is 2. The number of ether oxygens (including phenoxy) is 2. The van der Waals surface area contributed by atoms with Gasteiger partial charge in [0, 0.05) is 30.8 Å². The largest absolute Gasteiger partial charge is 0.497 e. The number of rotatable bonds is 7. The topological polar surface area (TPSA) is 112 Å². The van der Waals surface area contributed by atoms with Gasteiger partial charge in [-0.2, -0.15) is 5.10 Å². The van der Waals surface area contributed by atoms with Crippen molar-refractivity contribution in [1.82, 2.24) is 14.7 Å². The number of nitrogens with one attached hydrogen (secondary N) is 1. The Morgan fingerprint density at radius 2 is 1.91 bits per heavy atom. The number of likely N-dealkylation sites (tertiary alicyclic amines) is 1. The maximum Gasteiger partial charge on any atom is 0.255 e. The Balaban J connectivity index is 2.06. The number of carbonyl (C=O) groups excluding carboxylic acids is 2. The van der Waals surface area contributed by atoms with Gasteiger partial charge in [0.15, 0.2) is 5.69 Å². The lowest BCUT2D eigenvalue weighted by atomic mass is 10.1. The third-order valence-corrected chi connectivity index (χ3v) is 5.25. The summed E-state index contributed by atoms with van der Waals surface area (Å²) < 4.78 is 12.3. The third kappa shape index (κ3) is 5.29. The van der Waals surface area contributed by atoms with Crippen LogP contribution < -0.4 is 20.5 Å². The van der Waals surface area contributed by atoms with Gasteiger partial charge in [0.1, 0.15) is 22.9 Å². The minimum atomic E-state index is -0.631. The van der Waals surface area contributed by atoms with Gasteiger partial charge in [-0.15, -0.1) is 0 Å². The van der Waals surface area contributed by atoms with Crippen LogP contribution in [0, 0.1) is 11.8 Å². The molecule has 0 saturated carbocycles. The Kier molecular flexibility index (Phi) is 7.28. The molecule has 2 amide bonds. The summed E-state index contributed by atoms with van der Waals surface area (Å²) in [5.41, 5.74) is 6.87. The highest BCUT2D eigenvalue weighted by molar-refractivity contribution is 6.00. The number of primary amides is 1. The van der Waals surface area contributed by atoms with E-state index >= 15 is 0 Å². The molecule has 0 radical (unpaired) electrons. The van der Waals surface area contributed by atoms with Gasteiger partial charge in [0.05, 0.1) is 20.3 Å². The number of hydrogen-bond donors (Lipinski definition) is 2. The van der Waals surface area contributed by atoms with E-state index in [4.69, 9.17) is 15.2 Å². The minimum absolute atomic E-state index is 0.0225. The first-order valence-corrected chi connectivity index (χ1v) is 10.6. The zero-order chi connectivity index (χ0) is 24.1. The van der Waals surface area contributed by atoms with Gasteiger partial charge < -0.3 is 25.4 Å². The lowest BCUT2D eigenvalue weighted by Gasteiger charge is -2.19. The first-order valence-electron chi connectivity index (χ1n) is 10.6. The molecule has 33 heavy (non-hydrogen) atoms. The molecule has 1 aliphatic heterocycles. The molecular weight excluding hydrogens is 422 g/mol. The van der Waals surface area contributed by atoms with E-state index in [-0.39, 0.29) is 29.2 Å². The highest BCUT2D eigenvalue weighted by Crippen LogP contribution is 2.30. The summed E-state index contributed by atoms with van der Waals surface area (Å²) in [7, 11) is 3.12. The van der Waals surface area contributed by atoms with Crippen molar-refractivity contribution in [2.75, 3.05) is 32.6 Å². The van der Waals surface area contributed by atoms with Gasteiger partial charge >= 0.3 is 0 Å². The smallest absolute Gasteiger partial charge is 0.255 e. The molecule has 0 bridgehead atoms. The molecule has 0 spiro atoms. The van der Waals surface area contributed by atoms with E-state index in [0.29, 0.717) is 42.4 Å². The molecule has 2 heterocycles. The summed E-state index contributed by atoms with van der Waals surface area (Å²) in [5.74, 6) is 6.94. The zero-order valence-corrected chi connectivity index (χ0v) is 19.3. The minimum Gasteiger partial charge on any atom is -0.497 e. The van der Waals surface area contributed by atoms with E-state index < -0.39 is 5.91 Å². The average molecular weight is 452 g/mol. The highest BCUT2D eigenvalue weighted by Gasteiger charge is 2.31. The molecule has 0 unspecified atom stereocenters. The number of carbonyl (C=O) groups is 2. The van der Waals surface area contributed by atoms with Gasteiger partial charge in [-0.3, -0.25) is 9.59 Å². The van der Waals surface area contributed by atoms with E-state index in [9.17, 15) is 9.59 Å². The van der Waals surface area contributed by atoms with Crippen molar-refractivity contribution < 1.29 is 19.1 Å². The molecule has 2 aromatic rings. The molecular formula is C24H29N5O4. The van der Waals surface area contributed by atoms with Crippen molar-refractivity contribution in [2.24, 2.45) is 5.73 Å². The van der Waals surface area contributed by atoms with Crippen molar-refractivity contribution in [2.45, 2.75) is 32.4 Å². The molecule has 1 aromatic heterocycles. The second-order valence-corrected chi connectivity index (χ2v) is 7.96. The van der Waals surface area contributed by atoms with Crippen molar-refractivity contribution >= 4 is 17.6 Å². The fourth-order valence-electron chi connectivity index (χ4n) is 3.71. The van der Waals surface area contributed by atoms with Gasteiger partial charge in [-0.1, -0.05) is 12.5 Å². The van der Waals surface area contributed by atoms with Crippen molar-refractivity contribution in [1.29, 1.82) is 0 Å². The molecule has 1 fully saturated rings. The summed E-state index contributed by atoms with van der Waals surface area (Å²) in [5, 5.41) is 7.92. The van der Waals surface area contributed by atoms with Gasteiger partial charge in [-0.25, -0.2) is 4.68 Å². The first-order chi connectivity index (χ1) is 15.8. The Bertz CT molecular complexity index is 1100. The van der Waals surface area contributed by atoms with Crippen LogP contribution >= 0.6 is 0 Å². The van der Waals surface area contributed by atoms with Crippen LogP contribution in [0.1, 0.15) is 47.9 Å². The molecule has 0 aliphatic carbocycles. The molecule has 1 atom stereocenters. The maximum absolute atomic E-state index is 12.4. The van der Waals surface area contributed by atoms with Crippen LogP contribution in [0.2, 0.25) is 0 Å². The second-order valence-electron chi connectivity index (χ2n) is 7.96. The van der Waals surface area contributed by atoms with Gasteiger partial charge in [0.2, 0.25) is 5.91 Å². The number of hydrogen-bond acceptors (Lipinski definition) is 6. The summed E-state index contributed by atoms with van der Waals surface area (Å²) in [4.78, 5) is 26.2. The molecule has 1 aliphatic rings. The fraction of sp³-hybridized carbons (Fsp3) is 0.375. The maximum atomic E-state index is 12.4. The lowest BCUT2D eigenvalue weighted by molar-refractivity contribution is -0.125. The Hall–Kier alpha value is -3.93. The van der Waals surface area contributed by atoms with Crippen molar-refractivity contribution in [3.8, 4) is 23.3 Å². The molecule has 174 valence electrons. The summed E-state index contributed by atoms with van der Waals surface area (Å²) >= 11 is 0. The fourth-order valence-corrected chi connectivity index (χ4v) is 3.71. The molecule has 3 rings (SSSR count). The number of benzene rings is 1. The van der Waals surface area contributed by atoms with Crippen LogP contribution in [0.5, 0.6) is 11.5 Å². The number of nitrogens with zero attached hydrogens (tertiary/aromatic N) is 3. The molecule has 9 heteroatoms. The highest BCUT2D eigenvalue weighted by atomic mass is 16.5. The predicted octanol–water partition coefficient (Wildman–Crippen LogP) is 2.18. The van der Waals surface area contributed by atoms with Gasteiger partial charge in [-0.05, 0) is 44.4 Å². The first kappa shape index (κ1) is 23.7. The number of amides is 2. The van der Waals surface area contributed by atoms with Crippen molar-refractivity contribution in [3.05, 3.63) is 47.7 Å². The third-order valence-electron chi connectivity index (χ3n) is 5.25. The lowest BCUT2D eigenvalue weighted by Crippen LogP contribution is -2.28. The normalized spacial score (nSPS) is 15.1. The SMILES string of the molecule is C=CC(=O)N1CC[C@H](n2nc(C#Cc3cc(OC)cc(OC)c3)c(C(N)=O)c2NC(C)C)C1. The van der Waals surface area contributed by atoms with Crippen LogP contribution in [-0.4, -0.2) is 59.8 Å². The molecule has 3 N–H and O–H groups in total. The monoisotopic (exact) mass is 451 g/mol. The Labute approximate surface area is 193 Å². The van der Waals surface area contributed by atoms with E-state index in [1.165, 1.54) is 6.08 Å². The van der Waals surface area contributed by atoms with Crippen LogP contribution in [0.25, 0.3) is 0 Å². The molecule has 1 saturated heterocycles. The number of nitrogens with two attached hydrogens (primary N) is 1. The standard InChI is InChI=1S/C24H29N5O4/c1-6-21(30)28-10-9-17(14-28)29-24(26-15(2)3)22(23(25)31)20(27-29)8-7-16-11-18(32-4)13-19(12-16)33-5/h6,11-13,15,17,26H,1,9-10,14H2,2-5H3,(H2,25,31)/t17-/m0/s1. The molecule has 1 aromatic carbocycles. The molecule has 9 nitrogen and oxygen atoms in total. The summed E-state index contributed by atoms with van der Waals surface area (Å²) in [6, 6.07) is 5.17. The average Bonchev–Trinajstić information content (AvgIpc) is 3.41. The van der Waals surface area contributed by atoms with Gasteiger partial charge in [0.25, 0.3) is 5.91 Å². The zero-order valence-electron chi connectivity index (χ0n) is 19.3. The number of aromatic nitrogens is 2. The van der Waals surface area contributed by atoms with Crippen LogP contribution in [-0.2, 0) is 4.79 Å². The van der Waals surface area contributed by atoms with Crippen LogP contribution in [0.15, 0.2) is 30.9 Å². The Morgan fingerprint density at radius 3 is 2.45 bits per heavy atom. The number of anilines is 1. The van der Waals surface area contributed by atoms with E-state index in [1.807, 2.05) is 13.8 Å². The van der Waals surface area contributed by atoms with Crippen LogP contribution in [0.3, 0.4) is 0 Å². The van der Waals surface area contributed by atoms with E-state index in [2.05, 4.69) is 28.8 Å². The quantitative estimate of drug-likeness (QED) is 0.493. The summed E-state index contributed by atoms with van der Waals surface area (Å²) in [6.07, 6.45) is 1.99. The van der Waals surface area contributed by atoms with E-state index in [1.54, 1.807) is 42.0 Å². The Morgan fingerprint density at radius 1 is 1.24 bits per heavy atom.